The van der Waals surface area contributed by atoms with Gasteiger partial charge in [-0.05, 0) is 25.5 Å². The summed E-state index contributed by atoms with van der Waals surface area (Å²) in [5, 5.41) is 26.1. The zero-order valence-corrected chi connectivity index (χ0v) is 8.78. The molecule has 0 spiro atoms. The van der Waals surface area contributed by atoms with Crippen molar-refractivity contribution < 1.29 is 0 Å². The van der Waals surface area contributed by atoms with Gasteiger partial charge in [0.2, 0.25) is 0 Å². The molecule has 0 aliphatic carbocycles. The number of nitriles is 3. The van der Waals surface area contributed by atoms with E-state index < -0.39 is 0 Å². The molecule has 3 heteroatoms. The summed E-state index contributed by atoms with van der Waals surface area (Å²) in [6.07, 6.45) is 5.16. The fourth-order valence-electron chi connectivity index (χ4n) is 0.855. The van der Waals surface area contributed by atoms with E-state index in [1.54, 1.807) is 13.0 Å². The Kier molecular flexibility index (Phi) is 6.03. The van der Waals surface area contributed by atoms with Crippen LogP contribution in [0.25, 0.3) is 0 Å². The van der Waals surface area contributed by atoms with Crippen LogP contribution in [0.1, 0.15) is 20.3 Å². The van der Waals surface area contributed by atoms with Gasteiger partial charge < -0.3 is 0 Å². The first-order valence-electron chi connectivity index (χ1n) is 4.50. The van der Waals surface area contributed by atoms with Crippen molar-refractivity contribution in [3.05, 3.63) is 34.9 Å². The molecule has 0 saturated carbocycles. The van der Waals surface area contributed by atoms with E-state index in [2.05, 4.69) is 0 Å². The number of nitrogens with zero attached hydrogens (tertiary/aromatic N) is 3. The lowest BCUT2D eigenvalue weighted by atomic mass is 10.1. The minimum absolute atomic E-state index is 0.322. The van der Waals surface area contributed by atoms with E-state index in [4.69, 9.17) is 15.8 Å². The van der Waals surface area contributed by atoms with Gasteiger partial charge >= 0.3 is 0 Å². The van der Waals surface area contributed by atoms with Crippen molar-refractivity contribution in [1.82, 2.24) is 0 Å². The van der Waals surface area contributed by atoms with Crippen molar-refractivity contribution in [3.8, 4) is 18.2 Å². The van der Waals surface area contributed by atoms with Crippen molar-refractivity contribution in [2.75, 3.05) is 0 Å². The molecule has 0 amide bonds. The monoisotopic (exact) mass is 197 g/mol. The third-order valence-corrected chi connectivity index (χ3v) is 1.73. The van der Waals surface area contributed by atoms with Crippen molar-refractivity contribution in [2.24, 2.45) is 0 Å². The fraction of sp³-hybridized carbons (Fsp3) is 0.250. The number of rotatable bonds is 3. The van der Waals surface area contributed by atoms with Gasteiger partial charge in [0.1, 0.15) is 0 Å². The Morgan fingerprint density at radius 2 is 1.60 bits per heavy atom. The van der Waals surface area contributed by atoms with Gasteiger partial charge in [0.05, 0.1) is 23.8 Å². The van der Waals surface area contributed by atoms with E-state index in [1.165, 1.54) is 12.2 Å². The molecule has 0 fully saturated rings. The maximum absolute atomic E-state index is 8.80. The lowest BCUT2D eigenvalue weighted by Gasteiger charge is -1.92. The molecule has 74 valence electrons. The van der Waals surface area contributed by atoms with Gasteiger partial charge in [0, 0.05) is 11.1 Å². The molecule has 3 nitrogen and oxygen atoms in total. The number of hydrogen-bond donors (Lipinski definition) is 0. The lowest BCUT2D eigenvalue weighted by Crippen LogP contribution is -1.81. The molecule has 0 aliphatic rings. The highest BCUT2D eigenvalue weighted by Crippen LogP contribution is 2.08. The first-order valence-corrected chi connectivity index (χ1v) is 4.50. The molecule has 0 atom stereocenters. The second-order valence-electron chi connectivity index (χ2n) is 2.70. The number of allylic oxidation sites excluding steroid dienone is 6. The van der Waals surface area contributed by atoms with Gasteiger partial charge in [-0.2, -0.15) is 15.8 Å². The molecule has 0 saturated heterocycles. The molecule has 0 N–H and O–H groups in total. The highest BCUT2D eigenvalue weighted by molar-refractivity contribution is 5.47. The first kappa shape index (κ1) is 12.7. The smallest absolute Gasteiger partial charge is 0.0992 e. The second kappa shape index (κ2) is 7.13. The summed E-state index contributed by atoms with van der Waals surface area (Å²) in [6.45, 7) is 3.56. The Hall–Kier alpha value is -2.31. The Morgan fingerprint density at radius 3 is 1.93 bits per heavy atom. The molecule has 0 aliphatic heterocycles. The SMILES string of the molecule is CC=C(C#N)C=C(C#N)C=C(C#N)CC. The maximum Gasteiger partial charge on any atom is 0.0992 e. The van der Waals surface area contributed by atoms with Crippen LogP contribution in [-0.4, -0.2) is 0 Å². The normalized spacial score (nSPS) is 12.6. The molecule has 0 unspecified atom stereocenters. The summed E-state index contributed by atoms with van der Waals surface area (Å²) in [5.74, 6) is 0. The fourth-order valence-corrected chi connectivity index (χ4v) is 0.855. The van der Waals surface area contributed by atoms with Gasteiger partial charge in [-0.1, -0.05) is 13.0 Å². The zero-order valence-electron chi connectivity index (χ0n) is 8.78. The maximum atomic E-state index is 8.80. The highest BCUT2D eigenvalue weighted by atomic mass is 14.3. The van der Waals surface area contributed by atoms with Crippen LogP contribution in [0.15, 0.2) is 34.9 Å². The predicted octanol–water partition coefficient (Wildman–Crippen LogP) is 2.77. The van der Waals surface area contributed by atoms with Crippen LogP contribution in [0.3, 0.4) is 0 Å². The number of hydrogen-bond acceptors (Lipinski definition) is 3. The summed E-state index contributed by atoms with van der Waals surface area (Å²) in [5.41, 5.74) is 1.26. The summed E-state index contributed by atoms with van der Waals surface area (Å²) >= 11 is 0. The van der Waals surface area contributed by atoms with Crippen LogP contribution in [0, 0.1) is 34.0 Å². The Balaban J connectivity index is 5.16. The molecular formula is C12H11N3. The van der Waals surface area contributed by atoms with Crippen molar-refractivity contribution >= 4 is 0 Å². The van der Waals surface area contributed by atoms with E-state index >= 15 is 0 Å². The largest absolute Gasteiger partial charge is 0.193 e. The standard InChI is InChI=1S/C12H11N3/c1-3-10(7-13)5-12(9-15)6-11(4-2)8-14/h3,5-6H,4H2,1-2H3. The summed E-state index contributed by atoms with van der Waals surface area (Å²) in [4.78, 5) is 0. The van der Waals surface area contributed by atoms with E-state index in [0.717, 1.165) is 0 Å². The van der Waals surface area contributed by atoms with Crippen LogP contribution < -0.4 is 0 Å². The van der Waals surface area contributed by atoms with Crippen LogP contribution >= 0.6 is 0 Å². The zero-order chi connectivity index (χ0) is 11.7. The summed E-state index contributed by atoms with van der Waals surface area (Å²) < 4.78 is 0. The minimum Gasteiger partial charge on any atom is -0.193 e. The molecule has 0 heterocycles. The van der Waals surface area contributed by atoms with Crippen molar-refractivity contribution in [3.63, 3.8) is 0 Å². The average Bonchev–Trinajstić information content (AvgIpc) is 2.30. The highest BCUT2D eigenvalue weighted by Gasteiger charge is 1.97. The van der Waals surface area contributed by atoms with Crippen LogP contribution in [0.2, 0.25) is 0 Å². The average molecular weight is 197 g/mol. The topological polar surface area (TPSA) is 71.4 Å². The predicted molar refractivity (Wildman–Crippen MR) is 57.1 cm³/mol. The summed E-state index contributed by atoms with van der Waals surface area (Å²) in [7, 11) is 0. The molecule has 0 aromatic heterocycles. The first-order chi connectivity index (χ1) is 7.21. The van der Waals surface area contributed by atoms with Crippen molar-refractivity contribution in [1.29, 1.82) is 15.8 Å². The van der Waals surface area contributed by atoms with Crippen LogP contribution in [0.5, 0.6) is 0 Å². The minimum atomic E-state index is 0.322. The summed E-state index contributed by atoms with van der Waals surface area (Å²) in [6, 6.07) is 5.88. The molecule has 0 aromatic carbocycles. The quantitative estimate of drug-likeness (QED) is 0.515. The Morgan fingerprint density at radius 1 is 1.00 bits per heavy atom. The van der Waals surface area contributed by atoms with Gasteiger partial charge in [0.25, 0.3) is 0 Å². The molecule has 0 radical (unpaired) electrons. The Bertz CT molecular complexity index is 431. The van der Waals surface area contributed by atoms with E-state index in [0.29, 0.717) is 23.1 Å². The van der Waals surface area contributed by atoms with Gasteiger partial charge in [0.15, 0.2) is 0 Å². The molecule has 0 aromatic rings. The van der Waals surface area contributed by atoms with Crippen LogP contribution in [-0.2, 0) is 0 Å². The Labute approximate surface area is 89.9 Å². The lowest BCUT2D eigenvalue weighted by molar-refractivity contribution is 1.15. The molecule has 0 bridgehead atoms. The van der Waals surface area contributed by atoms with Gasteiger partial charge in [-0.25, -0.2) is 0 Å². The van der Waals surface area contributed by atoms with Crippen molar-refractivity contribution in [2.45, 2.75) is 20.3 Å². The van der Waals surface area contributed by atoms with Gasteiger partial charge in [-0.3, -0.25) is 0 Å². The molecule has 0 rings (SSSR count). The van der Waals surface area contributed by atoms with Crippen LogP contribution in [0.4, 0.5) is 0 Å². The van der Waals surface area contributed by atoms with E-state index in [-0.39, 0.29) is 0 Å². The third-order valence-electron chi connectivity index (χ3n) is 1.73. The molecular weight excluding hydrogens is 186 g/mol. The molecule has 15 heavy (non-hydrogen) atoms. The second-order valence-corrected chi connectivity index (χ2v) is 2.70. The van der Waals surface area contributed by atoms with Gasteiger partial charge in [-0.15, -0.1) is 0 Å². The van der Waals surface area contributed by atoms with E-state index in [9.17, 15) is 0 Å². The van der Waals surface area contributed by atoms with E-state index in [1.807, 2.05) is 25.1 Å². The third kappa shape index (κ3) is 4.46.